The standard InChI is InChI=1S/C13H26N2O2S/c1-13(2)6-4-9-15(10-7-13)18(16,17)11-12-5-3-8-14-12/h12,14H,3-11H2,1-2H3. The van der Waals surface area contributed by atoms with Crippen molar-refractivity contribution in [3.8, 4) is 0 Å². The second-order valence-corrected chi connectivity index (χ2v) is 8.50. The van der Waals surface area contributed by atoms with Gasteiger partial charge >= 0.3 is 0 Å². The predicted octanol–water partition coefficient (Wildman–Crippen LogP) is 1.58. The Morgan fingerprint density at radius 1 is 1.22 bits per heavy atom. The van der Waals surface area contributed by atoms with Gasteiger partial charge in [-0.15, -0.1) is 0 Å². The van der Waals surface area contributed by atoms with Crippen LogP contribution < -0.4 is 5.32 Å². The SMILES string of the molecule is CC1(C)CCCN(S(=O)(=O)CC2CCCN2)CC1. The first-order chi connectivity index (χ1) is 8.39. The minimum Gasteiger partial charge on any atom is -0.313 e. The molecule has 0 saturated carbocycles. The molecule has 2 saturated heterocycles. The van der Waals surface area contributed by atoms with E-state index in [1.165, 1.54) is 0 Å². The maximum Gasteiger partial charge on any atom is 0.215 e. The van der Waals surface area contributed by atoms with Gasteiger partial charge in [0.1, 0.15) is 0 Å². The Kier molecular flexibility index (Phi) is 4.34. The number of nitrogens with one attached hydrogen (secondary N) is 1. The van der Waals surface area contributed by atoms with Gasteiger partial charge in [0, 0.05) is 19.1 Å². The summed E-state index contributed by atoms with van der Waals surface area (Å²) in [4.78, 5) is 0. The van der Waals surface area contributed by atoms with Crippen molar-refractivity contribution in [2.24, 2.45) is 5.41 Å². The maximum atomic E-state index is 12.4. The van der Waals surface area contributed by atoms with Gasteiger partial charge in [-0.05, 0) is 44.1 Å². The number of nitrogens with zero attached hydrogens (tertiary/aromatic N) is 1. The molecule has 2 aliphatic heterocycles. The zero-order chi connectivity index (χ0) is 13.2. The Bertz CT molecular complexity index is 372. The van der Waals surface area contributed by atoms with Crippen molar-refractivity contribution in [3.63, 3.8) is 0 Å². The van der Waals surface area contributed by atoms with Crippen molar-refractivity contribution in [1.29, 1.82) is 0 Å². The molecule has 0 aromatic heterocycles. The van der Waals surface area contributed by atoms with Crippen LogP contribution >= 0.6 is 0 Å². The summed E-state index contributed by atoms with van der Waals surface area (Å²) in [6.45, 7) is 6.84. The van der Waals surface area contributed by atoms with Crippen molar-refractivity contribution >= 4 is 10.0 Å². The number of hydrogen-bond donors (Lipinski definition) is 1. The van der Waals surface area contributed by atoms with Gasteiger partial charge in [-0.3, -0.25) is 0 Å². The van der Waals surface area contributed by atoms with Crippen LogP contribution in [0.3, 0.4) is 0 Å². The summed E-state index contributed by atoms with van der Waals surface area (Å²) in [6.07, 6.45) is 5.20. The molecule has 0 radical (unpaired) electrons. The topological polar surface area (TPSA) is 49.4 Å². The van der Waals surface area contributed by atoms with Gasteiger partial charge in [0.05, 0.1) is 5.75 Å². The van der Waals surface area contributed by atoms with Gasteiger partial charge in [-0.25, -0.2) is 12.7 Å². The molecule has 1 N–H and O–H groups in total. The second-order valence-electron chi connectivity index (χ2n) is 6.49. The van der Waals surface area contributed by atoms with Crippen LogP contribution in [0.1, 0.15) is 46.0 Å². The van der Waals surface area contributed by atoms with Crippen LogP contribution in [0.25, 0.3) is 0 Å². The first-order valence-corrected chi connectivity index (χ1v) is 8.71. The van der Waals surface area contributed by atoms with Gasteiger partial charge in [-0.2, -0.15) is 0 Å². The van der Waals surface area contributed by atoms with E-state index in [2.05, 4.69) is 19.2 Å². The monoisotopic (exact) mass is 274 g/mol. The molecule has 2 rings (SSSR count). The van der Waals surface area contributed by atoms with E-state index in [0.29, 0.717) is 13.1 Å². The highest BCUT2D eigenvalue weighted by molar-refractivity contribution is 7.89. The molecule has 0 aromatic carbocycles. The third-order valence-corrected chi connectivity index (χ3v) is 6.24. The Hall–Kier alpha value is -0.130. The van der Waals surface area contributed by atoms with E-state index in [9.17, 15) is 8.42 Å². The molecule has 0 amide bonds. The van der Waals surface area contributed by atoms with E-state index >= 15 is 0 Å². The maximum absolute atomic E-state index is 12.4. The van der Waals surface area contributed by atoms with Crippen LogP contribution in [0.2, 0.25) is 0 Å². The van der Waals surface area contributed by atoms with Crippen LogP contribution in [0.15, 0.2) is 0 Å². The van der Waals surface area contributed by atoms with E-state index in [1.807, 2.05) is 0 Å². The van der Waals surface area contributed by atoms with Crippen molar-refractivity contribution in [2.45, 2.75) is 52.0 Å². The van der Waals surface area contributed by atoms with E-state index in [-0.39, 0.29) is 17.2 Å². The van der Waals surface area contributed by atoms with Crippen LogP contribution in [-0.2, 0) is 10.0 Å². The molecule has 2 aliphatic rings. The first kappa shape index (κ1) is 14.3. The lowest BCUT2D eigenvalue weighted by Gasteiger charge is -2.24. The molecule has 0 spiro atoms. The van der Waals surface area contributed by atoms with Crippen molar-refractivity contribution in [2.75, 3.05) is 25.4 Å². The highest BCUT2D eigenvalue weighted by Gasteiger charge is 2.31. The smallest absolute Gasteiger partial charge is 0.215 e. The minimum atomic E-state index is -3.07. The fourth-order valence-corrected chi connectivity index (χ4v) is 4.72. The Balaban J connectivity index is 1.96. The fraction of sp³-hybridized carbons (Fsp3) is 1.00. The van der Waals surface area contributed by atoms with Crippen molar-refractivity contribution in [3.05, 3.63) is 0 Å². The van der Waals surface area contributed by atoms with E-state index < -0.39 is 10.0 Å². The summed E-state index contributed by atoms with van der Waals surface area (Å²) in [5.41, 5.74) is 0.288. The molecular weight excluding hydrogens is 248 g/mol. The van der Waals surface area contributed by atoms with Gasteiger partial charge in [0.15, 0.2) is 0 Å². The Morgan fingerprint density at radius 3 is 2.67 bits per heavy atom. The predicted molar refractivity (Wildman–Crippen MR) is 74.0 cm³/mol. The third kappa shape index (κ3) is 3.68. The highest BCUT2D eigenvalue weighted by Crippen LogP contribution is 2.30. The quantitative estimate of drug-likeness (QED) is 0.850. The summed E-state index contributed by atoms with van der Waals surface area (Å²) in [5, 5.41) is 3.28. The summed E-state index contributed by atoms with van der Waals surface area (Å²) in [7, 11) is -3.07. The molecular formula is C13H26N2O2S. The lowest BCUT2D eigenvalue weighted by molar-refractivity contribution is 0.314. The molecule has 4 nitrogen and oxygen atoms in total. The summed E-state index contributed by atoms with van der Waals surface area (Å²) >= 11 is 0. The van der Waals surface area contributed by atoms with Crippen LogP contribution in [0.4, 0.5) is 0 Å². The van der Waals surface area contributed by atoms with Crippen LogP contribution in [0.5, 0.6) is 0 Å². The summed E-state index contributed by atoms with van der Waals surface area (Å²) < 4.78 is 26.5. The molecule has 2 heterocycles. The fourth-order valence-electron chi connectivity index (χ4n) is 2.93. The Labute approximate surface area is 111 Å². The molecule has 18 heavy (non-hydrogen) atoms. The number of rotatable bonds is 3. The molecule has 5 heteroatoms. The van der Waals surface area contributed by atoms with Crippen molar-refractivity contribution < 1.29 is 8.42 Å². The van der Waals surface area contributed by atoms with E-state index in [4.69, 9.17) is 0 Å². The van der Waals surface area contributed by atoms with Gasteiger partial charge in [-0.1, -0.05) is 13.8 Å². The minimum absolute atomic E-state index is 0.172. The average Bonchev–Trinajstić information content (AvgIpc) is 2.67. The van der Waals surface area contributed by atoms with Crippen LogP contribution in [-0.4, -0.2) is 44.2 Å². The van der Waals surface area contributed by atoms with E-state index in [0.717, 1.165) is 38.6 Å². The lowest BCUT2D eigenvalue weighted by atomic mass is 9.85. The lowest BCUT2D eigenvalue weighted by Crippen LogP contribution is -2.40. The molecule has 106 valence electrons. The third-order valence-electron chi connectivity index (χ3n) is 4.27. The molecule has 1 atom stereocenters. The summed E-state index contributed by atoms with van der Waals surface area (Å²) in [6, 6.07) is 0.172. The molecule has 2 fully saturated rings. The largest absolute Gasteiger partial charge is 0.313 e. The number of sulfonamides is 1. The molecule has 0 bridgehead atoms. The van der Waals surface area contributed by atoms with E-state index in [1.54, 1.807) is 4.31 Å². The Morgan fingerprint density at radius 2 is 2.00 bits per heavy atom. The number of hydrogen-bond acceptors (Lipinski definition) is 3. The highest BCUT2D eigenvalue weighted by atomic mass is 32.2. The first-order valence-electron chi connectivity index (χ1n) is 7.10. The molecule has 0 aromatic rings. The van der Waals surface area contributed by atoms with Gasteiger partial charge < -0.3 is 5.32 Å². The zero-order valence-corrected chi connectivity index (χ0v) is 12.4. The van der Waals surface area contributed by atoms with Gasteiger partial charge in [0.25, 0.3) is 0 Å². The average molecular weight is 274 g/mol. The van der Waals surface area contributed by atoms with Gasteiger partial charge in [0.2, 0.25) is 10.0 Å². The molecule has 0 aliphatic carbocycles. The second kappa shape index (κ2) is 5.47. The van der Waals surface area contributed by atoms with Crippen LogP contribution in [0, 0.1) is 5.41 Å². The van der Waals surface area contributed by atoms with Crippen molar-refractivity contribution in [1.82, 2.24) is 9.62 Å². The molecule has 1 unspecified atom stereocenters. The summed E-state index contributed by atoms with van der Waals surface area (Å²) in [5.74, 6) is 0.285. The normalized spacial score (nSPS) is 30.2. The zero-order valence-electron chi connectivity index (χ0n) is 11.6.